The first-order chi connectivity index (χ1) is 16.5. The minimum absolute atomic E-state index is 0.133. The Morgan fingerprint density at radius 3 is 2.20 bits per heavy atom. The Balaban J connectivity index is 1.71. The highest BCUT2D eigenvalue weighted by Crippen LogP contribution is 2.42. The highest BCUT2D eigenvalue weighted by atomic mass is 32.1. The van der Waals surface area contributed by atoms with Crippen molar-refractivity contribution < 1.29 is 31.1 Å². The van der Waals surface area contributed by atoms with Gasteiger partial charge in [-0.2, -0.15) is 26.3 Å². The second kappa shape index (κ2) is 9.91. The second-order valence-corrected chi connectivity index (χ2v) is 9.56. The summed E-state index contributed by atoms with van der Waals surface area (Å²) in [6.45, 7) is 2.60. The van der Waals surface area contributed by atoms with E-state index in [4.69, 9.17) is 4.74 Å². The maximum Gasteiger partial charge on any atom is 0.416 e. The first kappa shape index (κ1) is 25.7. The van der Waals surface area contributed by atoms with Gasteiger partial charge in [0, 0.05) is 17.6 Å². The van der Waals surface area contributed by atoms with E-state index in [1.807, 2.05) is 42.6 Å². The first-order valence-electron chi connectivity index (χ1n) is 11.1. The maximum atomic E-state index is 13.4. The van der Waals surface area contributed by atoms with E-state index in [0.717, 1.165) is 41.2 Å². The molecule has 3 aromatic rings. The lowest BCUT2D eigenvalue weighted by molar-refractivity contribution is -0.196. The maximum absolute atomic E-state index is 13.4. The Hall–Kier alpha value is -2.43. The van der Waals surface area contributed by atoms with Gasteiger partial charge in [0.05, 0.1) is 24.3 Å². The molecule has 10 heteroatoms. The molecule has 0 N–H and O–H groups in total. The molecule has 1 aromatic heterocycles. The van der Waals surface area contributed by atoms with Crippen molar-refractivity contribution in [2.45, 2.75) is 57.4 Å². The molecule has 0 bridgehead atoms. The zero-order chi connectivity index (χ0) is 25.3. The molecule has 0 aliphatic carbocycles. The number of likely N-dealkylation sites (tertiary alicyclic amines) is 1. The van der Waals surface area contributed by atoms with E-state index in [1.54, 1.807) is 0 Å². The molecule has 0 saturated carbocycles. The molecular formula is C25H24F6N2OS. The second-order valence-electron chi connectivity index (χ2n) is 8.61. The smallest absolute Gasteiger partial charge is 0.351 e. The quantitative estimate of drug-likeness (QED) is 0.318. The molecule has 1 aliphatic heterocycles. The number of piperidine rings is 1. The molecule has 1 saturated heterocycles. The van der Waals surface area contributed by atoms with Gasteiger partial charge in [0.25, 0.3) is 0 Å². The number of benzene rings is 2. The highest BCUT2D eigenvalue weighted by molar-refractivity contribution is 7.09. The minimum atomic E-state index is -4.91. The number of rotatable bonds is 6. The molecule has 1 aliphatic rings. The normalized spacial score (nSPS) is 19.7. The van der Waals surface area contributed by atoms with Crippen LogP contribution < -0.4 is 0 Å². The molecule has 0 radical (unpaired) electrons. The fraction of sp³-hybridized carbons (Fsp3) is 0.400. The number of hydrogen-bond acceptors (Lipinski definition) is 4. The van der Waals surface area contributed by atoms with E-state index in [9.17, 15) is 26.3 Å². The Morgan fingerprint density at radius 1 is 0.971 bits per heavy atom. The van der Waals surface area contributed by atoms with E-state index in [1.165, 1.54) is 11.3 Å². The standard InChI is InChI=1S/C25H24F6N2OS/c1-17-16-35-22(32-17)14-33-10-6-5-9-23(33,19-7-3-2-4-8-19)34-15-18-11-20(24(26,27)28)13-21(12-18)25(29,30)31/h2-4,7-8,11-13,16H,5-6,9-10,14-15H2,1H3/t23-/m1/s1. The zero-order valence-electron chi connectivity index (χ0n) is 18.9. The van der Waals surface area contributed by atoms with Gasteiger partial charge in [0.2, 0.25) is 0 Å². The van der Waals surface area contributed by atoms with E-state index >= 15 is 0 Å². The van der Waals surface area contributed by atoms with Crippen molar-refractivity contribution in [3.8, 4) is 0 Å². The molecule has 35 heavy (non-hydrogen) atoms. The Bertz CT molecular complexity index is 1110. The van der Waals surface area contributed by atoms with E-state index in [2.05, 4.69) is 9.88 Å². The van der Waals surface area contributed by atoms with Crippen LogP contribution in [-0.2, 0) is 36.0 Å². The molecule has 2 aromatic carbocycles. The average Bonchev–Trinajstić information content (AvgIpc) is 3.22. The fourth-order valence-electron chi connectivity index (χ4n) is 4.43. The van der Waals surface area contributed by atoms with Crippen LogP contribution in [0.15, 0.2) is 53.9 Å². The lowest BCUT2D eigenvalue weighted by Crippen LogP contribution is -2.50. The number of thiazole rings is 1. The van der Waals surface area contributed by atoms with Crippen LogP contribution in [-0.4, -0.2) is 16.4 Å². The van der Waals surface area contributed by atoms with Gasteiger partial charge >= 0.3 is 12.4 Å². The molecule has 188 valence electrons. The summed E-state index contributed by atoms with van der Waals surface area (Å²) in [5, 5.41) is 2.80. The van der Waals surface area contributed by atoms with Crippen molar-refractivity contribution in [1.82, 2.24) is 9.88 Å². The molecular weight excluding hydrogens is 490 g/mol. The van der Waals surface area contributed by atoms with Crippen molar-refractivity contribution in [2.24, 2.45) is 0 Å². The predicted octanol–water partition coefficient (Wildman–Crippen LogP) is 7.54. The van der Waals surface area contributed by atoms with Gasteiger partial charge in [-0.15, -0.1) is 11.3 Å². The third kappa shape index (κ3) is 5.87. The number of hydrogen-bond donors (Lipinski definition) is 0. The van der Waals surface area contributed by atoms with Crippen molar-refractivity contribution in [3.63, 3.8) is 0 Å². The summed E-state index contributed by atoms with van der Waals surface area (Å²) in [6.07, 6.45) is -7.57. The van der Waals surface area contributed by atoms with Gasteiger partial charge in [0.1, 0.15) is 10.7 Å². The van der Waals surface area contributed by atoms with Crippen LogP contribution >= 0.6 is 11.3 Å². The predicted molar refractivity (Wildman–Crippen MR) is 120 cm³/mol. The summed E-state index contributed by atoms with van der Waals surface area (Å²) in [7, 11) is 0. The van der Waals surface area contributed by atoms with Crippen LogP contribution in [0.2, 0.25) is 0 Å². The van der Waals surface area contributed by atoms with Crippen LogP contribution in [0.1, 0.15) is 52.2 Å². The summed E-state index contributed by atoms with van der Waals surface area (Å²) >= 11 is 1.50. The van der Waals surface area contributed by atoms with Crippen molar-refractivity contribution in [2.75, 3.05) is 6.54 Å². The monoisotopic (exact) mass is 514 g/mol. The molecule has 3 nitrogen and oxygen atoms in total. The highest BCUT2D eigenvalue weighted by Gasteiger charge is 2.42. The van der Waals surface area contributed by atoms with Gasteiger partial charge < -0.3 is 4.74 Å². The Labute approximate surface area is 203 Å². The molecule has 2 heterocycles. The number of aromatic nitrogens is 1. The SMILES string of the molecule is Cc1csc(CN2CCCC[C@@]2(OCc2cc(C(F)(F)F)cc(C(F)(F)F)c2)c2ccccc2)n1. The lowest BCUT2D eigenvalue weighted by Gasteiger charge is -2.47. The van der Waals surface area contributed by atoms with Gasteiger partial charge in [-0.3, -0.25) is 4.90 Å². The summed E-state index contributed by atoms with van der Waals surface area (Å²) in [6, 6.07) is 10.9. The molecule has 4 rings (SSSR count). The summed E-state index contributed by atoms with van der Waals surface area (Å²) in [5.74, 6) is 0. The van der Waals surface area contributed by atoms with E-state index < -0.39 is 35.8 Å². The van der Waals surface area contributed by atoms with Crippen LogP contribution in [0.4, 0.5) is 26.3 Å². The molecule has 0 amide bonds. The summed E-state index contributed by atoms with van der Waals surface area (Å²) in [4.78, 5) is 6.62. The topological polar surface area (TPSA) is 25.4 Å². The number of halogens is 6. The molecule has 0 unspecified atom stereocenters. The van der Waals surface area contributed by atoms with E-state index in [-0.39, 0.29) is 11.6 Å². The Kier molecular flexibility index (Phi) is 7.26. The average molecular weight is 515 g/mol. The van der Waals surface area contributed by atoms with Crippen molar-refractivity contribution in [3.05, 3.63) is 86.9 Å². The van der Waals surface area contributed by atoms with Crippen LogP contribution in [0.25, 0.3) is 0 Å². The third-order valence-electron chi connectivity index (χ3n) is 6.05. The lowest BCUT2D eigenvalue weighted by atomic mass is 9.90. The van der Waals surface area contributed by atoms with Crippen molar-refractivity contribution >= 4 is 11.3 Å². The van der Waals surface area contributed by atoms with Gasteiger partial charge in [-0.05, 0) is 55.5 Å². The third-order valence-corrected chi connectivity index (χ3v) is 7.00. The number of alkyl halides is 6. The van der Waals surface area contributed by atoms with Gasteiger partial charge in [-0.25, -0.2) is 4.98 Å². The van der Waals surface area contributed by atoms with Gasteiger partial charge in [0.15, 0.2) is 0 Å². The number of ether oxygens (including phenoxy) is 1. The number of nitrogens with zero attached hydrogens (tertiary/aromatic N) is 2. The first-order valence-corrected chi connectivity index (χ1v) is 12.0. The molecule has 1 atom stereocenters. The van der Waals surface area contributed by atoms with Crippen LogP contribution in [0.3, 0.4) is 0 Å². The van der Waals surface area contributed by atoms with E-state index in [0.29, 0.717) is 19.5 Å². The minimum Gasteiger partial charge on any atom is -0.351 e. The van der Waals surface area contributed by atoms with Gasteiger partial charge in [-0.1, -0.05) is 30.3 Å². The van der Waals surface area contributed by atoms with Crippen LogP contribution in [0.5, 0.6) is 0 Å². The summed E-state index contributed by atoms with van der Waals surface area (Å²) < 4.78 is 86.5. The summed E-state index contributed by atoms with van der Waals surface area (Å²) in [5.41, 5.74) is -2.20. The zero-order valence-corrected chi connectivity index (χ0v) is 19.7. The Morgan fingerprint density at radius 2 is 1.63 bits per heavy atom. The van der Waals surface area contributed by atoms with Crippen molar-refractivity contribution in [1.29, 1.82) is 0 Å². The molecule has 1 fully saturated rings. The molecule has 0 spiro atoms. The number of aryl methyl sites for hydroxylation is 1. The largest absolute Gasteiger partial charge is 0.416 e. The fourth-order valence-corrected chi connectivity index (χ4v) is 5.22. The van der Waals surface area contributed by atoms with Crippen LogP contribution in [0, 0.1) is 6.92 Å².